The van der Waals surface area contributed by atoms with Gasteiger partial charge in [0.15, 0.2) is 0 Å². The molecule has 0 heterocycles. The lowest BCUT2D eigenvalue weighted by molar-refractivity contribution is 0.216. The molecule has 2 N–H and O–H groups in total. The molecule has 1 saturated carbocycles. The van der Waals surface area contributed by atoms with Crippen LogP contribution in [0.2, 0.25) is 0 Å². The zero-order valence-electron chi connectivity index (χ0n) is 11.1. The molecular formula is C16H24BrN. The van der Waals surface area contributed by atoms with Gasteiger partial charge in [0.05, 0.1) is 0 Å². The number of rotatable bonds is 3. The Morgan fingerprint density at radius 2 is 1.61 bits per heavy atom. The Bertz CT molecular complexity index is 367. The predicted octanol–water partition coefficient (Wildman–Crippen LogP) is 4.68. The fourth-order valence-corrected chi connectivity index (χ4v) is 3.58. The number of halogens is 1. The van der Waals surface area contributed by atoms with E-state index in [2.05, 4.69) is 40.2 Å². The molecule has 1 aliphatic rings. The zero-order valence-corrected chi connectivity index (χ0v) is 12.7. The molecule has 0 unspecified atom stereocenters. The molecule has 1 fully saturated rings. The highest BCUT2D eigenvalue weighted by Gasteiger charge is 2.29. The minimum Gasteiger partial charge on any atom is -0.330 e. The molecule has 0 spiro atoms. The third kappa shape index (κ3) is 3.58. The van der Waals surface area contributed by atoms with Crippen LogP contribution in [0.4, 0.5) is 0 Å². The largest absolute Gasteiger partial charge is 0.330 e. The summed E-state index contributed by atoms with van der Waals surface area (Å²) < 4.78 is 1.24. The molecule has 0 atom stereocenters. The first-order valence-electron chi connectivity index (χ1n) is 7.19. The Hall–Kier alpha value is -0.340. The van der Waals surface area contributed by atoms with Gasteiger partial charge in [-0.15, -0.1) is 0 Å². The average molecular weight is 310 g/mol. The molecule has 0 saturated heterocycles. The molecule has 0 aromatic heterocycles. The van der Waals surface area contributed by atoms with E-state index >= 15 is 0 Å². The fraction of sp³-hybridized carbons (Fsp3) is 0.625. The number of hydrogen-bond acceptors (Lipinski definition) is 1. The molecule has 0 amide bonds. The van der Waals surface area contributed by atoms with Crippen LogP contribution in [0.15, 0.2) is 28.7 Å². The Morgan fingerprint density at radius 1 is 1.00 bits per heavy atom. The highest BCUT2D eigenvalue weighted by Crippen LogP contribution is 2.37. The second-order valence-corrected chi connectivity index (χ2v) is 6.59. The maximum absolute atomic E-state index is 6.14. The lowest BCUT2D eigenvalue weighted by Crippen LogP contribution is -2.33. The molecule has 0 aliphatic heterocycles. The summed E-state index contributed by atoms with van der Waals surface area (Å²) in [6.07, 6.45) is 10.6. The predicted molar refractivity (Wildman–Crippen MR) is 81.7 cm³/mol. The molecule has 2 rings (SSSR count). The molecule has 1 aliphatic carbocycles. The van der Waals surface area contributed by atoms with Crippen molar-refractivity contribution in [2.75, 3.05) is 6.54 Å². The van der Waals surface area contributed by atoms with E-state index in [1.165, 1.54) is 55.0 Å². The number of nitrogens with two attached hydrogens (primary N) is 1. The van der Waals surface area contributed by atoms with Crippen molar-refractivity contribution < 1.29 is 0 Å². The first-order chi connectivity index (χ1) is 8.76. The lowest BCUT2D eigenvalue weighted by atomic mass is 9.72. The van der Waals surface area contributed by atoms with E-state index in [9.17, 15) is 0 Å². The second kappa shape index (κ2) is 6.72. The van der Waals surface area contributed by atoms with Gasteiger partial charge >= 0.3 is 0 Å². The Labute approximate surface area is 119 Å². The smallest absolute Gasteiger partial charge is 0.0207 e. The summed E-state index contributed by atoms with van der Waals surface area (Å²) in [6.45, 7) is 0.828. The van der Waals surface area contributed by atoms with Crippen molar-refractivity contribution in [1.29, 1.82) is 0 Å². The van der Waals surface area contributed by atoms with E-state index in [1.54, 1.807) is 0 Å². The summed E-state index contributed by atoms with van der Waals surface area (Å²) in [5, 5.41) is 0. The summed E-state index contributed by atoms with van der Waals surface area (Å²) in [5.74, 6) is 0. The van der Waals surface area contributed by atoms with Crippen molar-refractivity contribution >= 4 is 15.9 Å². The van der Waals surface area contributed by atoms with Gasteiger partial charge in [-0.1, -0.05) is 66.2 Å². The van der Waals surface area contributed by atoms with E-state index in [0.29, 0.717) is 5.41 Å². The van der Waals surface area contributed by atoms with E-state index in [4.69, 9.17) is 5.73 Å². The number of benzene rings is 1. The average Bonchev–Trinajstić information content (AvgIpc) is 2.35. The summed E-state index contributed by atoms with van der Waals surface area (Å²) in [4.78, 5) is 0. The zero-order chi connectivity index (χ0) is 12.8. The molecule has 1 aromatic carbocycles. The van der Waals surface area contributed by atoms with Crippen molar-refractivity contribution in [3.8, 4) is 0 Å². The fourth-order valence-electron chi connectivity index (χ4n) is 3.15. The highest BCUT2D eigenvalue weighted by atomic mass is 79.9. The van der Waals surface area contributed by atoms with Crippen molar-refractivity contribution in [2.24, 2.45) is 11.1 Å². The SMILES string of the molecule is NCC1(Cc2ccccc2Br)CCCCCCC1. The van der Waals surface area contributed by atoms with Gasteiger partial charge in [0.1, 0.15) is 0 Å². The minimum atomic E-state index is 0.338. The summed E-state index contributed by atoms with van der Waals surface area (Å²) in [5.41, 5.74) is 7.90. The maximum atomic E-state index is 6.14. The van der Waals surface area contributed by atoms with Crippen LogP contribution in [0.1, 0.15) is 50.5 Å². The maximum Gasteiger partial charge on any atom is 0.0207 e. The van der Waals surface area contributed by atoms with E-state index in [0.717, 1.165) is 13.0 Å². The molecule has 1 aromatic rings. The van der Waals surface area contributed by atoms with Crippen LogP contribution in [0.3, 0.4) is 0 Å². The molecule has 0 bridgehead atoms. The monoisotopic (exact) mass is 309 g/mol. The molecule has 1 nitrogen and oxygen atoms in total. The first kappa shape index (κ1) is 14.1. The molecule has 100 valence electrons. The second-order valence-electron chi connectivity index (χ2n) is 5.74. The normalized spacial score (nSPS) is 20.1. The summed E-state index contributed by atoms with van der Waals surface area (Å²) >= 11 is 3.67. The third-order valence-electron chi connectivity index (χ3n) is 4.37. The summed E-state index contributed by atoms with van der Waals surface area (Å²) in [7, 11) is 0. The van der Waals surface area contributed by atoms with Crippen LogP contribution in [-0.4, -0.2) is 6.54 Å². The van der Waals surface area contributed by atoms with Gasteiger partial charge in [-0.2, -0.15) is 0 Å². The molecular weight excluding hydrogens is 286 g/mol. The van der Waals surface area contributed by atoms with E-state index in [-0.39, 0.29) is 0 Å². The van der Waals surface area contributed by atoms with Crippen LogP contribution in [0.5, 0.6) is 0 Å². The standard InChI is InChI=1S/C16H24BrN/c17-15-9-5-4-8-14(15)12-16(13-18)10-6-2-1-3-7-11-16/h4-5,8-9H,1-3,6-7,10-13,18H2. The topological polar surface area (TPSA) is 26.0 Å². The molecule has 18 heavy (non-hydrogen) atoms. The van der Waals surface area contributed by atoms with E-state index in [1.807, 2.05) is 0 Å². The quantitative estimate of drug-likeness (QED) is 0.862. The summed E-state index contributed by atoms with van der Waals surface area (Å²) in [6, 6.07) is 8.59. The Balaban J connectivity index is 2.13. The molecule has 2 heteroatoms. The van der Waals surface area contributed by atoms with Crippen molar-refractivity contribution in [3.63, 3.8) is 0 Å². The van der Waals surface area contributed by atoms with Gasteiger partial charge in [-0.05, 0) is 42.9 Å². The van der Waals surface area contributed by atoms with Gasteiger partial charge in [-0.25, -0.2) is 0 Å². The van der Waals surface area contributed by atoms with Crippen LogP contribution < -0.4 is 5.73 Å². The van der Waals surface area contributed by atoms with Crippen molar-refractivity contribution in [2.45, 2.75) is 51.4 Å². The van der Waals surface area contributed by atoms with Gasteiger partial charge < -0.3 is 5.73 Å². The molecule has 0 radical (unpaired) electrons. The first-order valence-corrected chi connectivity index (χ1v) is 7.99. The van der Waals surface area contributed by atoms with E-state index < -0.39 is 0 Å². The van der Waals surface area contributed by atoms with Crippen molar-refractivity contribution in [1.82, 2.24) is 0 Å². The third-order valence-corrected chi connectivity index (χ3v) is 5.14. The Morgan fingerprint density at radius 3 is 2.22 bits per heavy atom. The minimum absolute atomic E-state index is 0.338. The lowest BCUT2D eigenvalue weighted by Gasteiger charge is -2.35. The van der Waals surface area contributed by atoms with Gasteiger partial charge in [0, 0.05) is 4.47 Å². The van der Waals surface area contributed by atoms with Crippen LogP contribution in [0.25, 0.3) is 0 Å². The van der Waals surface area contributed by atoms with Gasteiger partial charge in [0.25, 0.3) is 0 Å². The van der Waals surface area contributed by atoms with Crippen LogP contribution in [0, 0.1) is 5.41 Å². The number of hydrogen-bond donors (Lipinski definition) is 1. The van der Waals surface area contributed by atoms with Gasteiger partial charge in [-0.3, -0.25) is 0 Å². The highest BCUT2D eigenvalue weighted by molar-refractivity contribution is 9.10. The Kier molecular flexibility index (Phi) is 5.25. The van der Waals surface area contributed by atoms with Crippen LogP contribution in [-0.2, 0) is 6.42 Å². The van der Waals surface area contributed by atoms with Gasteiger partial charge in [0.2, 0.25) is 0 Å². The van der Waals surface area contributed by atoms with Crippen molar-refractivity contribution in [3.05, 3.63) is 34.3 Å². The van der Waals surface area contributed by atoms with Crippen LogP contribution >= 0.6 is 15.9 Å².